The minimum Gasteiger partial charge on any atom is -0.382 e. The van der Waals surface area contributed by atoms with Gasteiger partial charge in [0.05, 0.1) is 5.56 Å². The smallest absolute Gasteiger partial charge is 0.147 e. The van der Waals surface area contributed by atoms with Gasteiger partial charge >= 0.3 is 0 Å². The van der Waals surface area contributed by atoms with Crippen LogP contribution in [0.1, 0.15) is 13.3 Å². The SMILES string of the molecule is CC1CN(C)CCC1Nc1snc(N)c1-c1cccnc1. The van der Waals surface area contributed by atoms with E-state index in [0.717, 1.165) is 35.6 Å². The van der Waals surface area contributed by atoms with Crippen LogP contribution in [0.4, 0.5) is 10.8 Å². The van der Waals surface area contributed by atoms with Gasteiger partial charge < -0.3 is 16.0 Å². The van der Waals surface area contributed by atoms with Crippen LogP contribution in [0.25, 0.3) is 11.1 Å². The number of nitrogens with one attached hydrogen (secondary N) is 1. The van der Waals surface area contributed by atoms with E-state index < -0.39 is 0 Å². The lowest BCUT2D eigenvalue weighted by molar-refractivity contribution is 0.206. The molecule has 0 aromatic carbocycles. The van der Waals surface area contributed by atoms with Crippen molar-refractivity contribution in [2.75, 3.05) is 31.2 Å². The fourth-order valence-corrected chi connectivity index (χ4v) is 3.73. The molecule has 2 atom stereocenters. The third kappa shape index (κ3) is 3.01. The number of rotatable bonds is 3. The lowest BCUT2D eigenvalue weighted by Gasteiger charge is -2.35. The molecule has 0 saturated carbocycles. The fourth-order valence-electron chi connectivity index (χ4n) is 2.93. The molecule has 112 valence electrons. The van der Waals surface area contributed by atoms with Crippen molar-refractivity contribution in [3.05, 3.63) is 24.5 Å². The molecule has 21 heavy (non-hydrogen) atoms. The first kappa shape index (κ1) is 14.3. The van der Waals surface area contributed by atoms with Crippen molar-refractivity contribution in [1.82, 2.24) is 14.3 Å². The van der Waals surface area contributed by atoms with Gasteiger partial charge in [-0.25, -0.2) is 0 Å². The second-order valence-corrected chi connectivity index (χ2v) is 6.57. The highest BCUT2D eigenvalue weighted by atomic mass is 32.1. The normalized spacial score (nSPS) is 23.1. The van der Waals surface area contributed by atoms with E-state index in [2.05, 4.69) is 33.5 Å². The van der Waals surface area contributed by atoms with Gasteiger partial charge in [0, 0.05) is 30.5 Å². The minimum absolute atomic E-state index is 0.469. The number of hydrogen-bond donors (Lipinski definition) is 2. The summed E-state index contributed by atoms with van der Waals surface area (Å²) in [6.07, 6.45) is 4.75. The fraction of sp³-hybridized carbons (Fsp3) is 0.467. The van der Waals surface area contributed by atoms with Crippen molar-refractivity contribution in [2.24, 2.45) is 5.92 Å². The molecule has 5 nitrogen and oxygen atoms in total. The standard InChI is InChI=1S/C15H21N5S/c1-10-9-20(2)7-5-12(10)18-15-13(14(16)19-21-15)11-4-3-6-17-8-11/h3-4,6,8,10,12,18H,5,7,9H2,1-2H3,(H2,16,19). The number of nitrogen functional groups attached to an aromatic ring is 1. The number of nitrogens with two attached hydrogens (primary N) is 1. The zero-order chi connectivity index (χ0) is 14.8. The average molecular weight is 303 g/mol. The van der Waals surface area contributed by atoms with Gasteiger partial charge in [-0.05, 0) is 43.5 Å². The Balaban J connectivity index is 1.84. The number of pyridine rings is 1. The third-order valence-electron chi connectivity index (χ3n) is 4.09. The van der Waals surface area contributed by atoms with Gasteiger partial charge in [-0.1, -0.05) is 13.0 Å². The Hall–Kier alpha value is -1.66. The second-order valence-electron chi connectivity index (χ2n) is 5.79. The number of hydrogen-bond acceptors (Lipinski definition) is 6. The lowest BCUT2D eigenvalue weighted by atomic mass is 9.94. The van der Waals surface area contributed by atoms with E-state index in [0.29, 0.717) is 17.8 Å². The first-order chi connectivity index (χ1) is 10.1. The lowest BCUT2D eigenvalue weighted by Crippen LogP contribution is -2.43. The van der Waals surface area contributed by atoms with Crippen LogP contribution in [0.2, 0.25) is 0 Å². The monoisotopic (exact) mass is 303 g/mol. The molecule has 0 aliphatic carbocycles. The molecule has 1 aliphatic heterocycles. The third-order valence-corrected chi connectivity index (χ3v) is 4.89. The van der Waals surface area contributed by atoms with Gasteiger partial charge in [0.2, 0.25) is 0 Å². The van der Waals surface area contributed by atoms with Gasteiger partial charge in [-0.15, -0.1) is 0 Å². The molecular weight excluding hydrogens is 282 g/mol. The maximum Gasteiger partial charge on any atom is 0.147 e. The summed E-state index contributed by atoms with van der Waals surface area (Å²) in [5.74, 6) is 1.19. The maximum absolute atomic E-state index is 6.06. The van der Waals surface area contributed by atoms with Gasteiger partial charge in [0.15, 0.2) is 0 Å². The summed E-state index contributed by atoms with van der Waals surface area (Å²) in [5, 5.41) is 4.72. The Morgan fingerprint density at radius 1 is 1.48 bits per heavy atom. The van der Waals surface area contributed by atoms with Crippen molar-refractivity contribution in [1.29, 1.82) is 0 Å². The highest BCUT2D eigenvalue weighted by molar-refractivity contribution is 7.11. The van der Waals surface area contributed by atoms with E-state index in [1.807, 2.05) is 18.3 Å². The Kier molecular flexibility index (Phi) is 4.07. The van der Waals surface area contributed by atoms with E-state index >= 15 is 0 Å². The molecule has 2 unspecified atom stereocenters. The second kappa shape index (κ2) is 5.99. The van der Waals surface area contributed by atoms with Crippen LogP contribution < -0.4 is 11.1 Å². The first-order valence-electron chi connectivity index (χ1n) is 7.25. The number of anilines is 2. The predicted molar refractivity (Wildman–Crippen MR) is 88.4 cm³/mol. The maximum atomic E-state index is 6.06. The molecule has 3 N–H and O–H groups in total. The minimum atomic E-state index is 0.469. The van der Waals surface area contributed by atoms with Crippen LogP contribution in [0.15, 0.2) is 24.5 Å². The van der Waals surface area contributed by atoms with Crippen molar-refractivity contribution in [2.45, 2.75) is 19.4 Å². The number of piperidine rings is 1. The van der Waals surface area contributed by atoms with Crippen LogP contribution in [-0.2, 0) is 0 Å². The summed E-state index contributed by atoms with van der Waals surface area (Å²) in [5.41, 5.74) is 8.06. The molecule has 1 aliphatic rings. The van der Waals surface area contributed by atoms with E-state index in [1.165, 1.54) is 11.5 Å². The highest BCUT2D eigenvalue weighted by Crippen LogP contribution is 2.37. The van der Waals surface area contributed by atoms with Crippen LogP contribution in [0, 0.1) is 5.92 Å². The van der Waals surface area contributed by atoms with E-state index in [-0.39, 0.29) is 0 Å². The van der Waals surface area contributed by atoms with Crippen molar-refractivity contribution in [3.63, 3.8) is 0 Å². The topological polar surface area (TPSA) is 67.1 Å². The molecule has 1 saturated heterocycles. The summed E-state index contributed by atoms with van der Waals surface area (Å²) < 4.78 is 4.32. The molecule has 3 heterocycles. The van der Waals surface area contributed by atoms with Gasteiger partial charge in [-0.3, -0.25) is 4.98 Å². The molecule has 0 amide bonds. The van der Waals surface area contributed by atoms with Crippen LogP contribution in [-0.4, -0.2) is 40.4 Å². The Bertz CT molecular complexity index is 597. The van der Waals surface area contributed by atoms with Crippen molar-refractivity contribution in [3.8, 4) is 11.1 Å². The van der Waals surface area contributed by atoms with Crippen LogP contribution in [0.5, 0.6) is 0 Å². The number of aromatic nitrogens is 2. The molecule has 0 bridgehead atoms. The summed E-state index contributed by atoms with van der Waals surface area (Å²) in [7, 11) is 2.18. The molecule has 2 aromatic rings. The van der Waals surface area contributed by atoms with E-state index in [4.69, 9.17) is 5.73 Å². The highest BCUT2D eigenvalue weighted by Gasteiger charge is 2.26. The summed E-state index contributed by atoms with van der Waals surface area (Å²) in [6.45, 7) is 4.54. The first-order valence-corrected chi connectivity index (χ1v) is 8.03. The number of nitrogens with zero attached hydrogens (tertiary/aromatic N) is 3. The molecule has 6 heteroatoms. The van der Waals surface area contributed by atoms with Gasteiger partial charge in [-0.2, -0.15) is 4.37 Å². The summed E-state index contributed by atoms with van der Waals surface area (Å²) in [4.78, 5) is 6.56. The average Bonchev–Trinajstić information content (AvgIpc) is 2.84. The molecule has 3 rings (SSSR count). The zero-order valence-electron chi connectivity index (χ0n) is 12.4. The molecule has 0 spiro atoms. The van der Waals surface area contributed by atoms with Crippen LogP contribution in [0.3, 0.4) is 0 Å². The van der Waals surface area contributed by atoms with Crippen molar-refractivity contribution >= 4 is 22.4 Å². The van der Waals surface area contributed by atoms with Crippen molar-refractivity contribution < 1.29 is 0 Å². The molecule has 0 radical (unpaired) electrons. The van der Waals surface area contributed by atoms with E-state index in [1.54, 1.807) is 6.20 Å². The van der Waals surface area contributed by atoms with Gasteiger partial charge in [0.25, 0.3) is 0 Å². The Morgan fingerprint density at radius 2 is 2.33 bits per heavy atom. The van der Waals surface area contributed by atoms with Crippen LogP contribution >= 0.6 is 11.5 Å². The summed E-state index contributed by atoms with van der Waals surface area (Å²) in [6, 6.07) is 4.42. The summed E-state index contributed by atoms with van der Waals surface area (Å²) >= 11 is 1.44. The zero-order valence-corrected chi connectivity index (χ0v) is 13.2. The quantitative estimate of drug-likeness (QED) is 0.912. The van der Waals surface area contributed by atoms with E-state index in [9.17, 15) is 0 Å². The number of likely N-dealkylation sites (tertiary alicyclic amines) is 1. The Morgan fingerprint density at radius 3 is 3.05 bits per heavy atom. The van der Waals surface area contributed by atoms with Gasteiger partial charge in [0.1, 0.15) is 10.8 Å². The largest absolute Gasteiger partial charge is 0.382 e. The molecule has 1 fully saturated rings. The molecular formula is C15H21N5S. The Labute approximate surface area is 129 Å². The molecule has 2 aromatic heterocycles. The predicted octanol–water partition coefficient (Wildman–Crippen LogP) is 2.54.